The van der Waals surface area contributed by atoms with Crippen LogP contribution in [0.5, 0.6) is 0 Å². The highest BCUT2D eigenvalue weighted by Crippen LogP contribution is 2.20. The molecule has 3 rings (SSSR count). The van der Waals surface area contributed by atoms with Crippen molar-refractivity contribution in [2.75, 3.05) is 0 Å². The molecule has 0 atom stereocenters. The molecule has 92 valence electrons. The molecule has 18 heavy (non-hydrogen) atoms. The van der Waals surface area contributed by atoms with E-state index in [9.17, 15) is 4.39 Å². The highest BCUT2D eigenvalue weighted by Gasteiger charge is 2.09. The Morgan fingerprint density at radius 2 is 2.17 bits per heavy atom. The first-order chi connectivity index (χ1) is 8.66. The van der Waals surface area contributed by atoms with Gasteiger partial charge in [0.05, 0.1) is 18.3 Å². The molecule has 0 unspecified atom stereocenters. The molecule has 2 heterocycles. The van der Waals surface area contributed by atoms with Crippen molar-refractivity contribution >= 4 is 22.5 Å². The van der Waals surface area contributed by atoms with Crippen molar-refractivity contribution in [3.63, 3.8) is 0 Å². The van der Waals surface area contributed by atoms with E-state index in [1.54, 1.807) is 18.3 Å². The first-order valence-corrected chi connectivity index (χ1v) is 5.94. The Balaban J connectivity index is 2.06. The van der Waals surface area contributed by atoms with Crippen LogP contribution in [0.2, 0.25) is 5.15 Å². The van der Waals surface area contributed by atoms with Crippen molar-refractivity contribution in [3.8, 4) is 0 Å². The zero-order valence-electron chi connectivity index (χ0n) is 9.77. The van der Waals surface area contributed by atoms with Crippen molar-refractivity contribution < 1.29 is 4.39 Å². The average Bonchev–Trinajstić information content (AvgIpc) is 2.90. The molecule has 0 radical (unpaired) electrons. The van der Waals surface area contributed by atoms with Gasteiger partial charge in [-0.25, -0.2) is 9.37 Å². The van der Waals surface area contributed by atoms with Crippen molar-refractivity contribution in [2.24, 2.45) is 7.05 Å². The minimum Gasteiger partial charge on any atom is -0.340 e. The van der Waals surface area contributed by atoms with Gasteiger partial charge in [0.15, 0.2) is 0 Å². The van der Waals surface area contributed by atoms with Gasteiger partial charge in [-0.2, -0.15) is 0 Å². The zero-order valence-corrected chi connectivity index (χ0v) is 10.5. The molecule has 3 nitrogen and oxygen atoms in total. The van der Waals surface area contributed by atoms with E-state index in [2.05, 4.69) is 4.98 Å². The molecule has 3 aromatic rings. The SMILES string of the molecule is Cn1c(Cl)cnc1Cn1ccc2c(F)cccc21. The Labute approximate surface area is 108 Å². The summed E-state index contributed by atoms with van der Waals surface area (Å²) in [6.07, 6.45) is 3.47. The summed E-state index contributed by atoms with van der Waals surface area (Å²) in [4.78, 5) is 4.24. The van der Waals surface area contributed by atoms with Gasteiger partial charge in [0.2, 0.25) is 0 Å². The summed E-state index contributed by atoms with van der Waals surface area (Å²) >= 11 is 5.94. The Morgan fingerprint density at radius 1 is 1.33 bits per heavy atom. The third-order valence-corrected chi connectivity index (χ3v) is 3.45. The van der Waals surface area contributed by atoms with E-state index in [0.29, 0.717) is 17.1 Å². The lowest BCUT2D eigenvalue weighted by Crippen LogP contribution is -2.05. The summed E-state index contributed by atoms with van der Waals surface area (Å²) < 4.78 is 17.3. The third kappa shape index (κ3) is 1.69. The average molecular weight is 264 g/mol. The first kappa shape index (κ1) is 11.3. The number of aromatic nitrogens is 3. The molecule has 0 fully saturated rings. The van der Waals surface area contributed by atoms with Crippen LogP contribution in [0.15, 0.2) is 36.7 Å². The lowest BCUT2D eigenvalue weighted by Gasteiger charge is -2.06. The number of imidazole rings is 1. The molecule has 0 aliphatic rings. The fraction of sp³-hybridized carbons (Fsp3) is 0.154. The van der Waals surface area contributed by atoms with Crippen LogP contribution in [0.4, 0.5) is 4.39 Å². The summed E-state index contributed by atoms with van der Waals surface area (Å²) in [5.41, 5.74) is 0.856. The standard InChI is InChI=1S/C13H11ClFN3/c1-17-12(14)7-16-13(17)8-18-6-5-9-10(15)3-2-4-11(9)18/h2-7H,8H2,1H3. The molecule has 0 saturated carbocycles. The maximum Gasteiger partial charge on any atom is 0.132 e. The van der Waals surface area contributed by atoms with E-state index >= 15 is 0 Å². The van der Waals surface area contributed by atoms with Crippen LogP contribution < -0.4 is 0 Å². The fourth-order valence-electron chi connectivity index (χ4n) is 2.05. The van der Waals surface area contributed by atoms with Crippen LogP contribution in [0, 0.1) is 5.82 Å². The van der Waals surface area contributed by atoms with E-state index in [1.807, 2.05) is 28.4 Å². The Bertz CT molecular complexity index is 714. The molecule has 2 aromatic heterocycles. The molecule has 5 heteroatoms. The van der Waals surface area contributed by atoms with Crippen LogP contribution in [-0.4, -0.2) is 14.1 Å². The molecule has 0 bridgehead atoms. The van der Waals surface area contributed by atoms with E-state index in [-0.39, 0.29) is 5.82 Å². The number of hydrogen-bond acceptors (Lipinski definition) is 1. The number of fused-ring (bicyclic) bond motifs is 1. The normalized spacial score (nSPS) is 11.3. The summed E-state index contributed by atoms with van der Waals surface area (Å²) in [5.74, 6) is 0.630. The number of benzene rings is 1. The number of rotatable bonds is 2. The molecular formula is C13H11ClFN3. The molecule has 1 aromatic carbocycles. The number of halogens is 2. The van der Waals surface area contributed by atoms with Crippen molar-refractivity contribution in [1.29, 1.82) is 0 Å². The van der Waals surface area contributed by atoms with E-state index in [4.69, 9.17) is 11.6 Å². The molecule has 0 amide bonds. The quantitative estimate of drug-likeness (QED) is 0.696. The largest absolute Gasteiger partial charge is 0.340 e. The predicted octanol–water partition coefficient (Wildman–Crippen LogP) is 3.22. The zero-order chi connectivity index (χ0) is 12.7. The van der Waals surface area contributed by atoms with Gasteiger partial charge in [-0.15, -0.1) is 0 Å². The first-order valence-electron chi connectivity index (χ1n) is 5.56. The van der Waals surface area contributed by atoms with Gasteiger partial charge in [-0.3, -0.25) is 0 Å². The second-order valence-electron chi connectivity index (χ2n) is 4.17. The van der Waals surface area contributed by atoms with Gasteiger partial charge in [-0.1, -0.05) is 17.7 Å². The van der Waals surface area contributed by atoms with Crippen molar-refractivity contribution in [1.82, 2.24) is 14.1 Å². The van der Waals surface area contributed by atoms with Crippen LogP contribution >= 0.6 is 11.6 Å². The van der Waals surface area contributed by atoms with Gasteiger partial charge in [0.25, 0.3) is 0 Å². The fourth-order valence-corrected chi connectivity index (χ4v) is 2.19. The molecule has 0 saturated heterocycles. The van der Waals surface area contributed by atoms with Gasteiger partial charge >= 0.3 is 0 Å². The van der Waals surface area contributed by atoms with E-state index < -0.39 is 0 Å². The van der Waals surface area contributed by atoms with Gasteiger partial charge in [0, 0.05) is 18.6 Å². The summed E-state index contributed by atoms with van der Waals surface area (Å²) in [6, 6.07) is 6.84. The maximum absolute atomic E-state index is 13.6. The highest BCUT2D eigenvalue weighted by molar-refractivity contribution is 6.29. The van der Waals surface area contributed by atoms with Crippen LogP contribution in [0.3, 0.4) is 0 Å². The minimum atomic E-state index is -0.205. The van der Waals surface area contributed by atoms with Crippen LogP contribution in [0.1, 0.15) is 5.82 Å². The minimum absolute atomic E-state index is 0.205. The maximum atomic E-state index is 13.6. The molecule has 0 aliphatic carbocycles. The highest BCUT2D eigenvalue weighted by atomic mass is 35.5. The number of nitrogens with zero attached hydrogens (tertiary/aromatic N) is 3. The number of hydrogen-bond donors (Lipinski definition) is 0. The van der Waals surface area contributed by atoms with Gasteiger partial charge in [-0.05, 0) is 18.2 Å². The summed E-state index contributed by atoms with van der Waals surface area (Å²) in [6.45, 7) is 0.566. The predicted molar refractivity (Wildman–Crippen MR) is 69.2 cm³/mol. The second kappa shape index (κ2) is 4.14. The van der Waals surface area contributed by atoms with Crippen molar-refractivity contribution in [2.45, 2.75) is 6.54 Å². The van der Waals surface area contributed by atoms with Crippen LogP contribution in [-0.2, 0) is 13.6 Å². The van der Waals surface area contributed by atoms with E-state index in [1.165, 1.54) is 6.07 Å². The smallest absolute Gasteiger partial charge is 0.132 e. The van der Waals surface area contributed by atoms with E-state index in [0.717, 1.165) is 11.3 Å². The lowest BCUT2D eigenvalue weighted by molar-refractivity contribution is 0.639. The molecule has 0 spiro atoms. The summed E-state index contributed by atoms with van der Waals surface area (Å²) in [7, 11) is 1.86. The Hall–Kier alpha value is -1.81. The lowest BCUT2D eigenvalue weighted by atomic mass is 10.2. The van der Waals surface area contributed by atoms with Gasteiger partial charge in [0.1, 0.15) is 16.8 Å². The third-order valence-electron chi connectivity index (χ3n) is 3.10. The second-order valence-corrected chi connectivity index (χ2v) is 4.56. The monoisotopic (exact) mass is 263 g/mol. The van der Waals surface area contributed by atoms with Crippen LogP contribution in [0.25, 0.3) is 10.9 Å². The molecule has 0 N–H and O–H groups in total. The molecule has 0 aliphatic heterocycles. The van der Waals surface area contributed by atoms with Crippen molar-refractivity contribution in [3.05, 3.63) is 53.5 Å². The summed E-state index contributed by atoms with van der Waals surface area (Å²) in [5, 5.41) is 1.21. The topological polar surface area (TPSA) is 22.8 Å². The Kier molecular flexibility index (Phi) is 2.59. The molecular weight excluding hydrogens is 253 g/mol. The Morgan fingerprint density at radius 3 is 2.89 bits per heavy atom. The van der Waals surface area contributed by atoms with Gasteiger partial charge < -0.3 is 9.13 Å².